The van der Waals surface area contributed by atoms with Gasteiger partial charge in [0, 0.05) is 18.0 Å². The second-order valence-corrected chi connectivity index (χ2v) is 3.71. The first-order valence-electron chi connectivity index (χ1n) is 3.84. The van der Waals surface area contributed by atoms with Crippen molar-refractivity contribution in [1.82, 2.24) is 4.98 Å². The molecule has 0 aliphatic heterocycles. The van der Waals surface area contributed by atoms with Gasteiger partial charge < -0.3 is 0 Å². The zero-order valence-electron chi connectivity index (χ0n) is 7.20. The zero-order valence-corrected chi connectivity index (χ0v) is 8.02. The Kier molecular flexibility index (Phi) is 3.29. The molecule has 0 aliphatic carbocycles. The van der Waals surface area contributed by atoms with Gasteiger partial charge in [-0.15, -0.1) is 11.8 Å². The molecule has 1 heterocycles. The third-order valence-corrected chi connectivity index (χ3v) is 2.27. The Morgan fingerprint density at radius 1 is 1.58 bits per heavy atom. The minimum atomic E-state index is 0.0167. The van der Waals surface area contributed by atoms with Gasteiger partial charge in [-0.2, -0.15) is 0 Å². The fraction of sp³-hybridized carbons (Fsp3) is 0.333. The number of nitrogens with zero attached hydrogens (tertiary/aromatic N) is 1. The summed E-state index contributed by atoms with van der Waals surface area (Å²) in [6.45, 7) is 3.61. The maximum atomic E-state index is 10.8. The molecule has 12 heavy (non-hydrogen) atoms. The van der Waals surface area contributed by atoms with Gasteiger partial charge in [0.2, 0.25) is 0 Å². The summed E-state index contributed by atoms with van der Waals surface area (Å²) >= 11 is 1.72. The highest BCUT2D eigenvalue weighted by Crippen LogP contribution is 2.15. The molecule has 0 bridgehead atoms. The second kappa shape index (κ2) is 4.26. The molecule has 0 fully saturated rings. The molecule has 1 aromatic heterocycles. The minimum Gasteiger partial charge on any atom is -0.293 e. The highest BCUT2D eigenvalue weighted by Gasteiger charge is 1.99. The van der Waals surface area contributed by atoms with Crippen LogP contribution in [0.1, 0.15) is 24.3 Å². The van der Waals surface area contributed by atoms with Crippen molar-refractivity contribution in [3.63, 3.8) is 0 Å². The molecule has 1 rings (SSSR count). The predicted molar refractivity (Wildman–Crippen MR) is 50.6 cm³/mol. The lowest BCUT2D eigenvalue weighted by molar-refractivity contribution is 0.101. The van der Waals surface area contributed by atoms with Crippen LogP contribution < -0.4 is 0 Å². The lowest BCUT2D eigenvalue weighted by Crippen LogP contribution is -1.95. The summed E-state index contributed by atoms with van der Waals surface area (Å²) in [5, 5.41) is 0. The van der Waals surface area contributed by atoms with Crippen molar-refractivity contribution in [1.29, 1.82) is 0 Å². The first-order valence-corrected chi connectivity index (χ1v) is 4.82. The van der Waals surface area contributed by atoms with Crippen LogP contribution in [-0.4, -0.2) is 16.5 Å². The monoisotopic (exact) mass is 181 g/mol. The number of carbonyl (C=O) groups is 1. The molecule has 0 saturated heterocycles. The van der Waals surface area contributed by atoms with Gasteiger partial charge in [0.15, 0.2) is 5.78 Å². The van der Waals surface area contributed by atoms with Crippen LogP contribution in [0.2, 0.25) is 0 Å². The van der Waals surface area contributed by atoms with Crippen LogP contribution in [0.4, 0.5) is 0 Å². The van der Waals surface area contributed by atoms with Gasteiger partial charge in [0.25, 0.3) is 0 Å². The van der Waals surface area contributed by atoms with Crippen molar-refractivity contribution >= 4 is 17.5 Å². The predicted octanol–water partition coefficient (Wildman–Crippen LogP) is 2.40. The fourth-order valence-electron chi connectivity index (χ4n) is 0.841. The summed E-state index contributed by atoms with van der Waals surface area (Å²) in [7, 11) is 0. The Bertz CT molecular complexity index is 268. The molecule has 2 nitrogen and oxygen atoms in total. The van der Waals surface area contributed by atoms with E-state index in [1.807, 2.05) is 6.07 Å². The van der Waals surface area contributed by atoms with Crippen LogP contribution >= 0.6 is 11.8 Å². The molecule has 0 radical (unpaired) electrons. The minimum absolute atomic E-state index is 0.0167. The molecule has 0 aromatic carbocycles. The number of hydrogen-bond acceptors (Lipinski definition) is 3. The summed E-state index contributed by atoms with van der Waals surface area (Å²) in [4.78, 5) is 16.0. The van der Waals surface area contributed by atoms with E-state index in [2.05, 4.69) is 11.9 Å². The summed E-state index contributed by atoms with van der Waals surface area (Å²) in [5.41, 5.74) is 0.537. The van der Waals surface area contributed by atoms with E-state index in [1.54, 1.807) is 24.0 Å². The number of hydrogen-bond donors (Lipinski definition) is 0. The van der Waals surface area contributed by atoms with Crippen molar-refractivity contribution in [2.45, 2.75) is 18.7 Å². The Morgan fingerprint density at radius 3 is 2.75 bits per heavy atom. The van der Waals surface area contributed by atoms with E-state index in [4.69, 9.17) is 0 Å². The summed E-state index contributed by atoms with van der Waals surface area (Å²) in [5.74, 6) is 1.05. The number of aromatic nitrogens is 1. The van der Waals surface area contributed by atoms with Crippen molar-refractivity contribution in [2.75, 3.05) is 5.75 Å². The van der Waals surface area contributed by atoms with E-state index in [0.29, 0.717) is 5.69 Å². The van der Waals surface area contributed by atoms with Gasteiger partial charge in [0.1, 0.15) is 5.69 Å². The van der Waals surface area contributed by atoms with Crippen molar-refractivity contribution in [2.24, 2.45) is 0 Å². The van der Waals surface area contributed by atoms with Crippen molar-refractivity contribution in [3.8, 4) is 0 Å². The number of rotatable bonds is 3. The Morgan fingerprint density at radius 2 is 2.33 bits per heavy atom. The second-order valence-electron chi connectivity index (χ2n) is 2.37. The standard InChI is InChI=1S/C9H11NOS/c1-3-12-8-4-5-9(7(2)11)10-6-8/h4-6H,3H2,1-2H3. The Hall–Kier alpha value is -0.830. The van der Waals surface area contributed by atoms with Crippen LogP contribution in [0, 0.1) is 0 Å². The lowest BCUT2D eigenvalue weighted by Gasteiger charge is -1.97. The van der Waals surface area contributed by atoms with Gasteiger partial charge in [-0.1, -0.05) is 6.92 Å². The molecule has 0 unspecified atom stereocenters. The first kappa shape index (κ1) is 9.26. The van der Waals surface area contributed by atoms with E-state index in [1.165, 1.54) is 6.92 Å². The molecule has 0 amide bonds. The third kappa shape index (κ3) is 2.34. The van der Waals surface area contributed by atoms with Gasteiger partial charge >= 0.3 is 0 Å². The maximum absolute atomic E-state index is 10.8. The average Bonchev–Trinajstić information content (AvgIpc) is 2.06. The zero-order chi connectivity index (χ0) is 8.97. The first-order chi connectivity index (χ1) is 5.74. The van der Waals surface area contributed by atoms with E-state index in [0.717, 1.165) is 10.6 Å². The largest absolute Gasteiger partial charge is 0.293 e. The lowest BCUT2D eigenvalue weighted by atomic mass is 10.3. The quantitative estimate of drug-likeness (QED) is 0.529. The number of thioether (sulfide) groups is 1. The average molecular weight is 181 g/mol. The maximum Gasteiger partial charge on any atom is 0.178 e. The molecule has 0 aliphatic rings. The van der Waals surface area contributed by atoms with Crippen LogP contribution in [0.3, 0.4) is 0 Å². The number of Topliss-reactive ketones (excluding diaryl/α,β-unsaturated/α-hetero) is 1. The van der Waals surface area contributed by atoms with Crippen LogP contribution in [0.25, 0.3) is 0 Å². The van der Waals surface area contributed by atoms with Gasteiger partial charge in [-0.05, 0) is 17.9 Å². The summed E-state index contributed by atoms with van der Waals surface area (Å²) in [6.07, 6.45) is 1.74. The topological polar surface area (TPSA) is 30.0 Å². The van der Waals surface area contributed by atoms with E-state index in [-0.39, 0.29) is 5.78 Å². The molecule has 1 aromatic rings. The number of ketones is 1. The smallest absolute Gasteiger partial charge is 0.178 e. The summed E-state index contributed by atoms with van der Waals surface area (Å²) in [6, 6.07) is 3.69. The summed E-state index contributed by atoms with van der Waals surface area (Å²) < 4.78 is 0. The van der Waals surface area contributed by atoms with E-state index >= 15 is 0 Å². The third-order valence-electron chi connectivity index (χ3n) is 1.41. The molecule has 64 valence electrons. The van der Waals surface area contributed by atoms with Gasteiger partial charge in [-0.25, -0.2) is 0 Å². The Labute approximate surface area is 76.4 Å². The van der Waals surface area contributed by atoms with Crippen molar-refractivity contribution in [3.05, 3.63) is 24.0 Å². The molecule has 0 atom stereocenters. The van der Waals surface area contributed by atoms with Crippen molar-refractivity contribution < 1.29 is 4.79 Å². The fourth-order valence-corrected chi connectivity index (χ4v) is 1.47. The van der Waals surface area contributed by atoms with Crippen LogP contribution in [0.15, 0.2) is 23.2 Å². The highest BCUT2D eigenvalue weighted by atomic mass is 32.2. The SMILES string of the molecule is CCSc1ccc(C(C)=O)nc1. The van der Waals surface area contributed by atoms with Crippen LogP contribution in [0.5, 0.6) is 0 Å². The van der Waals surface area contributed by atoms with Crippen LogP contribution in [-0.2, 0) is 0 Å². The van der Waals surface area contributed by atoms with E-state index in [9.17, 15) is 4.79 Å². The van der Waals surface area contributed by atoms with E-state index < -0.39 is 0 Å². The number of pyridine rings is 1. The molecule has 0 spiro atoms. The molecule has 3 heteroatoms. The molecule has 0 N–H and O–H groups in total. The van der Waals surface area contributed by atoms with Gasteiger partial charge in [-0.3, -0.25) is 9.78 Å². The van der Waals surface area contributed by atoms with Gasteiger partial charge in [0.05, 0.1) is 0 Å². The Balaban J connectivity index is 2.78. The molecule has 0 saturated carbocycles. The number of carbonyl (C=O) groups excluding carboxylic acids is 1. The molecular weight excluding hydrogens is 170 g/mol. The molecular formula is C9H11NOS. The normalized spacial score (nSPS) is 9.83. The highest BCUT2D eigenvalue weighted by molar-refractivity contribution is 7.99.